The summed E-state index contributed by atoms with van der Waals surface area (Å²) >= 11 is 1.83. The minimum Gasteiger partial charge on any atom is -0.363 e. The quantitative estimate of drug-likeness (QED) is 0.889. The van der Waals surface area contributed by atoms with Crippen LogP contribution < -0.4 is 5.32 Å². The lowest BCUT2D eigenvalue weighted by Gasteiger charge is -2.35. The highest BCUT2D eigenvalue weighted by Crippen LogP contribution is 2.42. The van der Waals surface area contributed by atoms with Gasteiger partial charge in [-0.2, -0.15) is 5.26 Å². The van der Waals surface area contributed by atoms with Gasteiger partial charge in [0, 0.05) is 21.9 Å². The molecule has 1 atom stereocenters. The fourth-order valence-corrected chi connectivity index (χ4v) is 3.81. The van der Waals surface area contributed by atoms with Crippen LogP contribution in [0.5, 0.6) is 0 Å². The van der Waals surface area contributed by atoms with E-state index in [9.17, 15) is 5.26 Å². The normalized spacial score (nSPS) is 20.8. The first-order valence-corrected chi connectivity index (χ1v) is 7.71. The maximum absolute atomic E-state index is 9.82. The molecule has 20 heavy (non-hydrogen) atoms. The van der Waals surface area contributed by atoms with E-state index < -0.39 is 5.54 Å². The lowest BCUT2D eigenvalue weighted by molar-refractivity contribution is 0.588. The van der Waals surface area contributed by atoms with E-state index in [2.05, 4.69) is 36.5 Å². The standard InChI is InChI=1S/C17H16N2S/c1-13-6-2-4-8-15(13)19-17(12-18)10-11-20-16-9-5-3-7-14(16)17/h2-9,19H,10-11H2,1H3. The van der Waals surface area contributed by atoms with Gasteiger partial charge < -0.3 is 5.32 Å². The van der Waals surface area contributed by atoms with Gasteiger partial charge in [-0.1, -0.05) is 36.4 Å². The van der Waals surface area contributed by atoms with E-state index in [1.165, 1.54) is 4.90 Å². The molecule has 0 bridgehead atoms. The van der Waals surface area contributed by atoms with Crippen molar-refractivity contribution in [3.05, 3.63) is 59.7 Å². The van der Waals surface area contributed by atoms with Crippen molar-refractivity contribution in [3.8, 4) is 6.07 Å². The number of benzene rings is 2. The summed E-state index contributed by atoms with van der Waals surface area (Å²) in [5.41, 5.74) is 2.68. The first-order valence-electron chi connectivity index (χ1n) is 6.72. The lowest BCUT2D eigenvalue weighted by Crippen LogP contribution is -2.37. The number of hydrogen-bond donors (Lipinski definition) is 1. The first kappa shape index (κ1) is 13.1. The van der Waals surface area contributed by atoms with Crippen molar-refractivity contribution in [2.24, 2.45) is 0 Å². The second-order valence-corrected chi connectivity index (χ2v) is 6.19. The van der Waals surface area contributed by atoms with Gasteiger partial charge in [0.25, 0.3) is 0 Å². The van der Waals surface area contributed by atoms with Gasteiger partial charge in [0.1, 0.15) is 0 Å². The van der Waals surface area contributed by atoms with Crippen LogP contribution in [0.2, 0.25) is 0 Å². The molecular formula is C17H16N2S. The van der Waals surface area contributed by atoms with E-state index in [1.54, 1.807) is 0 Å². The molecule has 1 heterocycles. The fraction of sp³-hybridized carbons (Fsp3) is 0.235. The van der Waals surface area contributed by atoms with Crippen LogP contribution in [0.3, 0.4) is 0 Å². The van der Waals surface area contributed by atoms with Crippen LogP contribution in [-0.4, -0.2) is 5.75 Å². The number of aryl methyl sites for hydroxylation is 1. The number of thioether (sulfide) groups is 1. The Morgan fingerprint density at radius 2 is 1.90 bits per heavy atom. The summed E-state index contributed by atoms with van der Waals surface area (Å²) in [4.78, 5) is 1.21. The Hall–Kier alpha value is -1.92. The fourth-order valence-electron chi connectivity index (χ4n) is 2.61. The molecule has 1 N–H and O–H groups in total. The third-order valence-corrected chi connectivity index (χ3v) is 4.84. The molecule has 1 unspecified atom stereocenters. The Bertz CT molecular complexity index is 675. The zero-order valence-corrected chi connectivity index (χ0v) is 12.2. The van der Waals surface area contributed by atoms with E-state index in [4.69, 9.17) is 0 Å². The van der Waals surface area contributed by atoms with E-state index in [0.29, 0.717) is 0 Å². The van der Waals surface area contributed by atoms with Crippen molar-refractivity contribution in [2.75, 3.05) is 11.1 Å². The summed E-state index contributed by atoms with van der Waals surface area (Å²) in [6.45, 7) is 2.07. The third-order valence-electron chi connectivity index (χ3n) is 3.77. The smallest absolute Gasteiger partial charge is 0.152 e. The van der Waals surface area contributed by atoms with Gasteiger partial charge in [-0.05, 0) is 31.0 Å². The number of para-hydroxylation sites is 1. The molecule has 3 heteroatoms. The maximum atomic E-state index is 9.82. The molecule has 2 aromatic carbocycles. The number of hydrogen-bond acceptors (Lipinski definition) is 3. The minimum atomic E-state index is -0.617. The average Bonchev–Trinajstić information content (AvgIpc) is 2.50. The summed E-state index contributed by atoms with van der Waals surface area (Å²) in [7, 11) is 0. The Kier molecular flexibility index (Phi) is 3.42. The van der Waals surface area contributed by atoms with Gasteiger partial charge in [0.2, 0.25) is 0 Å². The van der Waals surface area contributed by atoms with Crippen molar-refractivity contribution in [3.63, 3.8) is 0 Å². The molecule has 2 nitrogen and oxygen atoms in total. The molecule has 0 saturated carbocycles. The van der Waals surface area contributed by atoms with Crippen molar-refractivity contribution in [1.82, 2.24) is 0 Å². The summed E-state index contributed by atoms with van der Waals surface area (Å²) in [6.07, 6.45) is 0.819. The van der Waals surface area contributed by atoms with Crippen LogP contribution in [0.25, 0.3) is 0 Å². The summed E-state index contributed by atoms with van der Waals surface area (Å²) < 4.78 is 0. The van der Waals surface area contributed by atoms with Crippen molar-refractivity contribution in [2.45, 2.75) is 23.8 Å². The van der Waals surface area contributed by atoms with Crippen LogP contribution in [0, 0.1) is 18.3 Å². The number of rotatable bonds is 2. The van der Waals surface area contributed by atoms with Gasteiger partial charge in [0.15, 0.2) is 5.54 Å². The molecule has 0 saturated heterocycles. The second kappa shape index (κ2) is 5.22. The Labute approximate surface area is 123 Å². The highest BCUT2D eigenvalue weighted by molar-refractivity contribution is 7.99. The second-order valence-electron chi connectivity index (χ2n) is 5.05. The number of nitrogens with zero attached hydrogens (tertiary/aromatic N) is 1. The van der Waals surface area contributed by atoms with Crippen LogP contribution in [-0.2, 0) is 5.54 Å². The Morgan fingerprint density at radius 3 is 2.70 bits per heavy atom. The SMILES string of the molecule is Cc1ccccc1NC1(C#N)CCSc2ccccc21. The van der Waals surface area contributed by atoms with Crippen LogP contribution in [0.4, 0.5) is 5.69 Å². The van der Waals surface area contributed by atoms with Gasteiger partial charge >= 0.3 is 0 Å². The van der Waals surface area contributed by atoms with E-state index in [-0.39, 0.29) is 0 Å². The predicted molar refractivity (Wildman–Crippen MR) is 83.9 cm³/mol. The molecule has 100 valence electrons. The molecule has 1 aliphatic rings. The summed E-state index contributed by atoms with van der Waals surface area (Å²) in [5.74, 6) is 0.962. The van der Waals surface area contributed by atoms with Crippen molar-refractivity contribution < 1.29 is 0 Å². The van der Waals surface area contributed by atoms with E-state index in [0.717, 1.165) is 29.0 Å². The molecule has 0 spiro atoms. The van der Waals surface area contributed by atoms with Crippen molar-refractivity contribution >= 4 is 17.4 Å². The zero-order chi connectivity index (χ0) is 14.0. The van der Waals surface area contributed by atoms with Crippen LogP contribution in [0.1, 0.15) is 17.5 Å². The highest BCUT2D eigenvalue weighted by atomic mass is 32.2. The molecule has 0 aliphatic carbocycles. The van der Waals surface area contributed by atoms with Gasteiger partial charge in [-0.3, -0.25) is 0 Å². The van der Waals surface area contributed by atoms with Crippen LogP contribution >= 0.6 is 11.8 Å². The summed E-state index contributed by atoms with van der Waals surface area (Å²) in [5, 5.41) is 13.3. The summed E-state index contributed by atoms with van der Waals surface area (Å²) in [6, 6.07) is 18.9. The van der Waals surface area contributed by atoms with Gasteiger partial charge in [-0.15, -0.1) is 11.8 Å². The maximum Gasteiger partial charge on any atom is 0.152 e. The molecule has 3 rings (SSSR count). The Morgan fingerprint density at radius 1 is 1.15 bits per heavy atom. The molecule has 0 fully saturated rings. The number of nitriles is 1. The Balaban J connectivity index is 2.06. The third kappa shape index (κ3) is 2.17. The first-order chi connectivity index (χ1) is 9.75. The number of anilines is 1. The predicted octanol–water partition coefficient (Wildman–Crippen LogP) is 4.32. The van der Waals surface area contributed by atoms with E-state index in [1.807, 2.05) is 42.1 Å². The largest absolute Gasteiger partial charge is 0.363 e. The van der Waals surface area contributed by atoms with E-state index >= 15 is 0 Å². The molecular weight excluding hydrogens is 264 g/mol. The topological polar surface area (TPSA) is 35.8 Å². The average molecular weight is 280 g/mol. The minimum absolute atomic E-state index is 0.617. The monoisotopic (exact) mass is 280 g/mol. The highest BCUT2D eigenvalue weighted by Gasteiger charge is 2.37. The molecule has 0 amide bonds. The zero-order valence-electron chi connectivity index (χ0n) is 11.4. The molecule has 0 radical (unpaired) electrons. The molecule has 2 aromatic rings. The van der Waals surface area contributed by atoms with Crippen molar-refractivity contribution in [1.29, 1.82) is 5.26 Å². The molecule has 0 aromatic heterocycles. The number of nitrogens with one attached hydrogen (secondary N) is 1. The molecule has 1 aliphatic heterocycles. The lowest BCUT2D eigenvalue weighted by atomic mass is 9.87. The van der Waals surface area contributed by atoms with Crippen LogP contribution in [0.15, 0.2) is 53.4 Å². The number of fused-ring (bicyclic) bond motifs is 1. The van der Waals surface area contributed by atoms with Gasteiger partial charge in [0.05, 0.1) is 6.07 Å². The van der Waals surface area contributed by atoms with Gasteiger partial charge in [-0.25, -0.2) is 0 Å².